The molecule has 0 spiro atoms. The topological polar surface area (TPSA) is 37.3 Å². The molecule has 8 atom stereocenters. The number of hydrogen-bond donors (Lipinski definition) is 1. The van der Waals surface area contributed by atoms with Crippen LogP contribution in [0.1, 0.15) is 79.1 Å². The van der Waals surface area contributed by atoms with Crippen molar-refractivity contribution in [3.05, 3.63) is 11.6 Å². The normalized spacial score (nSPS) is 52.0. The Morgan fingerprint density at radius 3 is 2.68 bits per heavy atom. The van der Waals surface area contributed by atoms with Crippen LogP contribution in [0.3, 0.4) is 0 Å². The Morgan fingerprint density at radius 1 is 1.24 bits per heavy atom. The van der Waals surface area contributed by atoms with Gasteiger partial charge in [0.15, 0.2) is 0 Å². The van der Waals surface area contributed by atoms with Crippen LogP contribution in [0, 0.1) is 40.4 Å². The summed E-state index contributed by atoms with van der Waals surface area (Å²) in [6.45, 7) is 9.08. The van der Waals surface area contributed by atoms with E-state index in [9.17, 15) is 9.90 Å². The van der Waals surface area contributed by atoms with E-state index >= 15 is 0 Å². The molecule has 4 aliphatic rings. The van der Waals surface area contributed by atoms with Crippen LogP contribution in [0.15, 0.2) is 11.6 Å². The second kappa shape index (κ2) is 5.94. The second-order valence-electron chi connectivity index (χ2n) is 10.1. The number of aliphatic hydroxyl groups excluding tert-OH is 1. The van der Waals surface area contributed by atoms with Gasteiger partial charge in [-0.2, -0.15) is 0 Å². The SMILES string of the molecule is CCC1C[C@H](O)CC2=CCC3C(CC[C@@]4(C)C3CC[C@@H]4C(C)=O)[C@]21C. The van der Waals surface area contributed by atoms with Crippen LogP contribution >= 0.6 is 0 Å². The van der Waals surface area contributed by atoms with Gasteiger partial charge in [0.1, 0.15) is 5.78 Å². The average molecular weight is 345 g/mol. The quantitative estimate of drug-likeness (QED) is 0.703. The summed E-state index contributed by atoms with van der Waals surface area (Å²) < 4.78 is 0. The Labute approximate surface area is 153 Å². The van der Waals surface area contributed by atoms with E-state index in [0.717, 1.165) is 37.0 Å². The van der Waals surface area contributed by atoms with E-state index in [-0.39, 0.29) is 16.9 Å². The molecule has 0 radical (unpaired) electrons. The van der Waals surface area contributed by atoms with E-state index in [1.807, 2.05) is 6.92 Å². The minimum Gasteiger partial charge on any atom is -0.393 e. The van der Waals surface area contributed by atoms with Crippen molar-refractivity contribution in [2.24, 2.45) is 40.4 Å². The molecule has 0 aliphatic heterocycles. The summed E-state index contributed by atoms with van der Waals surface area (Å²) in [7, 11) is 0. The maximum absolute atomic E-state index is 12.3. The van der Waals surface area contributed by atoms with Crippen molar-refractivity contribution in [3.63, 3.8) is 0 Å². The molecule has 1 N–H and O–H groups in total. The second-order valence-corrected chi connectivity index (χ2v) is 10.1. The molecule has 0 aromatic carbocycles. The Kier molecular flexibility index (Phi) is 4.22. The number of aliphatic hydroxyl groups is 1. The van der Waals surface area contributed by atoms with Gasteiger partial charge in [-0.3, -0.25) is 4.79 Å². The molecule has 25 heavy (non-hydrogen) atoms. The van der Waals surface area contributed by atoms with Gasteiger partial charge in [0.25, 0.3) is 0 Å². The third-order valence-electron chi connectivity index (χ3n) is 9.38. The highest BCUT2D eigenvalue weighted by atomic mass is 16.3. The zero-order chi connectivity index (χ0) is 18.0. The van der Waals surface area contributed by atoms with Gasteiger partial charge in [-0.05, 0) is 86.4 Å². The van der Waals surface area contributed by atoms with Gasteiger partial charge in [0.05, 0.1) is 6.10 Å². The van der Waals surface area contributed by atoms with Gasteiger partial charge in [0.2, 0.25) is 0 Å². The number of Topliss-reactive ketones (excluding diaryl/α,β-unsaturated/α-hetero) is 1. The van der Waals surface area contributed by atoms with Crippen LogP contribution in [-0.4, -0.2) is 17.0 Å². The lowest BCUT2D eigenvalue weighted by molar-refractivity contribution is -0.128. The Bertz CT molecular complexity index is 593. The summed E-state index contributed by atoms with van der Waals surface area (Å²) >= 11 is 0. The zero-order valence-electron chi connectivity index (χ0n) is 16.6. The van der Waals surface area contributed by atoms with E-state index in [4.69, 9.17) is 0 Å². The zero-order valence-corrected chi connectivity index (χ0v) is 16.6. The van der Waals surface area contributed by atoms with Gasteiger partial charge in [-0.1, -0.05) is 38.8 Å². The predicted octanol–water partition coefficient (Wildman–Crippen LogP) is 5.15. The fourth-order valence-electron chi connectivity index (χ4n) is 8.13. The molecule has 0 aromatic heterocycles. The first-order chi connectivity index (χ1) is 11.8. The predicted molar refractivity (Wildman–Crippen MR) is 101 cm³/mol. The van der Waals surface area contributed by atoms with Crippen molar-refractivity contribution >= 4 is 5.78 Å². The first kappa shape index (κ1) is 17.8. The number of hydrogen-bond acceptors (Lipinski definition) is 2. The highest BCUT2D eigenvalue weighted by Crippen LogP contribution is 2.67. The highest BCUT2D eigenvalue weighted by molar-refractivity contribution is 5.79. The minimum atomic E-state index is -0.136. The van der Waals surface area contributed by atoms with E-state index in [2.05, 4.69) is 26.8 Å². The van der Waals surface area contributed by atoms with E-state index in [1.165, 1.54) is 32.1 Å². The summed E-state index contributed by atoms with van der Waals surface area (Å²) in [5.41, 5.74) is 2.08. The fourth-order valence-corrected chi connectivity index (χ4v) is 8.13. The third kappa shape index (κ3) is 2.35. The van der Waals surface area contributed by atoms with Crippen LogP contribution in [0.25, 0.3) is 0 Å². The fraction of sp³-hybridized carbons (Fsp3) is 0.870. The Hall–Kier alpha value is -0.630. The van der Waals surface area contributed by atoms with Gasteiger partial charge < -0.3 is 5.11 Å². The van der Waals surface area contributed by atoms with E-state index in [1.54, 1.807) is 5.57 Å². The molecule has 3 fully saturated rings. The van der Waals surface area contributed by atoms with Crippen molar-refractivity contribution in [2.45, 2.75) is 85.2 Å². The molecule has 4 unspecified atom stereocenters. The molecule has 2 heteroatoms. The minimum absolute atomic E-state index is 0.136. The summed E-state index contributed by atoms with van der Waals surface area (Å²) in [6.07, 6.45) is 11.5. The van der Waals surface area contributed by atoms with Gasteiger partial charge in [0, 0.05) is 5.92 Å². The molecule has 0 bridgehead atoms. The molecule has 0 saturated heterocycles. The monoisotopic (exact) mass is 344 g/mol. The maximum Gasteiger partial charge on any atom is 0.133 e. The number of carbonyl (C=O) groups excluding carboxylic acids is 1. The molecule has 0 amide bonds. The van der Waals surface area contributed by atoms with Crippen LogP contribution in [-0.2, 0) is 4.79 Å². The molecular weight excluding hydrogens is 308 g/mol. The molecule has 3 saturated carbocycles. The highest BCUT2D eigenvalue weighted by Gasteiger charge is 2.60. The van der Waals surface area contributed by atoms with E-state index in [0.29, 0.717) is 17.6 Å². The van der Waals surface area contributed by atoms with Crippen LogP contribution in [0.4, 0.5) is 0 Å². The number of carbonyl (C=O) groups is 1. The molecular formula is C23H36O2. The number of ketones is 1. The molecule has 0 heterocycles. The molecule has 0 aromatic rings. The number of rotatable bonds is 2. The lowest BCUT2D eigenvalue weighted by Crippen LogP contribution is -2.53. The maximum atomic E-state index is 12.3. The summed E-state index contributed by atoms with van der Waals surface area (Å²) in [4.78, 5) is 12.3. The summed E-state index contributed by atoms with van der Waals surface area (Å²) in [6, 6.07) is 0. The Balaban J connectivity index is 1.70. The lowest BCUT2D eigenvalue weighted by Gasteiger charge is -2.60. The summed E-state index contributed by atoms with van der Waals surface area (Å²) in [5, 5.41) is 10.4. The van der Waals surface area contributed by atoms with Crippen molar-refractivity contribution in [1.29, 1.82) is 0 Å². The molecule has 4 rings (SSSR count). The Morgan fingerprint density at radius 2 is 2.00 bits per heavy atom. The largest absolute Gasteiger partial charge is 0.393 e. The molecule has 2 nitrogen and oxygen atoms in total. The third-order valence-corrected chi connectivity index (χ3v) is 9.38. The number of fused-ring (bicyclic) bond motifs is 5. The first-order valence-corrected chi connectivity index (χ1v) is 10.7. The average Bonchev–Trinajstić information content (AvgIpc) is 2.92. The van der Waals surface area contributed by atoms with Crippen molar-refractivity contribution < 1.29 is 9.90 Å². The van der Waals surface area contributed by atoms with Crippen molar-refractivity contribution in [1.82, 2.24) is 0 Å². The lowest BCUT2D eigenvalue weighted by atomic mass is 9.45. The smallest absolute Gasteiger partial charge is 0.133 e. The van der Waals surface area contributed by atoms with Crippen molar-refractivity contribution in [2.75, 3.05) is 0 Å². The van der Waals surface area contributed by atoms with Crippen LogP contribution < -0.4 is 0 Å². The summed E-state index contributed by atoms with van der Waals surface area (Å²) in [5.74, 6) is 3.57. The number of allylic oxidation sites excluding steroid dienone is 1. The van der Waals surface area contributed by atoms with Gasteiger partial charge in [-0.15, -0.1) is 0 Å². The van der Waals surface area contributed by atoms with Gasteiger partial charge in [-0.25, -0.2) is 0 Å². The van der Waals surface area contributed by atoms with Gasteiger partial charge >= 0.3 is 0 Å². The van der Waals surface area contributed by atoms with Crippen LogP contribution in [0.2, 0.25) is 0 Å². The molecule has 140 valence electrons. The molecule has 4 aliphatic carbocycles. The first-order valence-electron chi connectivity index (χ1n) is 10.7. The van der Waals surface area contributed by atoms with Crippen molar-refractivity contribution in [3.8, 4) is 0 Å². The standard InChI is InChI=1S/C23H36O2/c1-5-15-12-17(25)13-16-6-7-18-20-9-8-19(14(2)24)22(20,3)11-10-21(18)23(15,16)4/h6,15,17-21,25H,5,7-13H2,1-4H3/t15?,17-,18?,19+,20?,21?,22+,23-/m0/s1. The van der Waals surface area contributed by atoms with E-state index < -0.39 is 0 Å². The van der Waals surface area contributed by atoms with Crippen LogP contribution in [0.5, 0.6) is 0 Å².